The van der Waals surface area contributed by atoms with Crippen molar-refractivity contribution in [3.8, 4) is 0 Å². The molecule has 0 fully saturated rings. The van der Waals surface area contributed by atoms with Crippen LogP contribution in [0.25, 0.3) is 5.57 Å². The number of para-hydroxylation sites is 1. The van der Waals surface area contributed by atoms with Crippen LogP contribution in [0, 0.1) is 0 Å². The average Bonchev–Trinajstić information content (AvgIpc) is 2.65. The molecule has 1 aliphatic heterocycles. The summed E-state index contributed by atoms with van der Waals surface area (Å²) in [7, 11) is 0. The van der Waals surface area contributed by atoms with E-state index in [9.17, 15) is 0 Å². The van der Waals surface area contributed by atoms with Gasteiger partial charge in [-0.15, -0.1) is 0 Å². The van der Waals surface area contributed by atoms with Crippen molar-refractivity contribution in [2.75, 3.05) is 18.0 Å². The van der Waals surface area contributed by atoms with Crippen molar-refractivity contribution >= 4 is 11.3 Å². The third kappa shape index (κ3) is 1.92. The summed E-state index contributed by atoms with van der Waals surface area (Å²) in [5, 5.41) is 0. The Morgan fingerprint density at radius 1 is 1.33 bits per heavy atom. The van der Waals surface area contributed by atoms with Crippen LogP contribution >= 0.6 is 0 Å². The Morgan fingerprint density at radius 2 is 2.13 bits per heavy atom. The molecule has 2 rings (SSSR count). The van der Waals surface area contributed by atoms with Crippen molar-refractivity contribution in [1.29, 1.82) is 0 Å². The van der Waals surface area contributed by atoms with Crippen LogP contribution < -0.4 is 4.90 Å². The van der Waals surface area contributed by atoms with Gasteiger partial charge in [0.2, 0.25) is 0 Å². The highest BCUT2D eigenvalue weighted by atomic mass is 15.1. The number of unbranched alkanes of at least 4 members (excludes halogenated alkanes) is 1. The van der Waals surface area contributed by atoms with E-state index >= 15 is 0 Å². The van der Waals surface area contributed by atoms with E-state index in [1.807, 2.05) is 0 Å². The van der Waals surface area contributed by atoms with Gasteiger partial charge in [0.25, 0.3) is 0 Å². The quantitative estimate of drug-likeness (QED) is 0.720. The second kappa shape index (κ2) is 4.52. The average molecular weight is 201 g/mol. The summed E-state index contributed by atoms with van der Waals surface area (Å²) in [5.74, 6) is 0. The lowest BCUT2D eigenvalue weighted by molar-refractivity contribution is 0.757. The summed E-state index contributed by atoms with van der Waals surface area (Å²) in [6.45, 7) is 6.66. The van der Waals surface area contributed by atoms with Crippen LogP contribution in [0.15, 0.2) is 30.3 Å². The first-order valence-electron chi connectivity index (χ1n) is 5.86. The maximum absolute atomic E-state index is 2.49. The van der Waals surface area contributed by atoms with Crippen LogP contribution in [-0.2, 0) is 0 Å². The van der Waals surface area contributed by atoms with Crippen LogP contribution in [0.1, 0.15) is 32.3 Å². The molecule has 1 aromatic rings. The highest BCUT2D eigenvalue weighted by molar-refractivity contribution is 5.85. The SMILES string of the molecule is C/C=C1\CN(CCCC)c2ccccc21. The van der Waals surface area contributed by atoms with Crippen LogP contribution in [0.2, 0.25) is 0 Å². The normalized spacial score (nSPS) is 17.2. The van der Waals surface area contributed by atoms with E-state index in [1.165, 1.54) is 36.2 Å². The second-order valence-corrected chi connectivity index (χ2v) is 4.11. The molecule has 0 aliphatic carbocycles. The Bertz CT molecular complexity index is 365. The first kappa shape index (κ1) is 10.3. The van der Waals surface area contributed by atoms with Gasteiger partial charge in [-0.05, 0) is 25.0 Å². The zero-order chi connectivity index (χ0) is 10.7. The minimum atomic E-state index is 1.09. The van der Waals surface area contributed by atoms with E-state index in [-0.39, 0.29) is 0 Å². The molecule has 0 saturated heterocycles. The Hall–Kier alpha value is -1.24. The smallest absolute Gasteiger partial charge is 0.0446 e. The summed E-state index contributed by atoms with van der Waals surface area (Å²) >= 11 is 0. The number of fused-ring (bicyclic) bond motifs is 1. The van der Waals surface area contributed by atoms with Crippen molar-refractivity contribution in [3.05, 3.63) is 35.9 Å². The van der Waals surface area contributed by atoms with Gasteiger partial charge >= 0.3 is 0 Å². The fourth-order valence-corrected chi connectivity index (χ4v) is 2.19. The minimum Gasteiger partial charge on any atom is -0.367 e. The van der Waals surface area contributed by atoms with Gasteiger partial charge in [-0.3, -0.25) is 0 Å². The maximum atomic E-state index is 2.49. The molecule has 0 radical (unpaired) electrons. The molecule has 0 amide bonds. The number of hydrogen-bond acceptors (Lipinski definition) is 1. The molecule has 0 spiro atoms. The third-order valence-electron chi connectivity index (χ3n) is 3.08. The topological polar surface area (TPSA) is 3.24 Å². The van der Waals surface area contributed by atoms with Crippen LogP contribution in [0.4, 0.5) is 5.69 Å². The molecule has 0 bridgehead atoms. The van der Waals surface area contributed by atoms with Crippen LogP contribution in [-0.4, -0.2) is 13.1 Å². The van der Waals surface area contributed by atoms with Crippen LogP contribution in [0.3, 0.4) is 0 Å². The van der Waals surface area contributed by atoms with Gasteiger partial charge in [-0.25, -0.2) is 0 Å². The molecule has 0 aromatic heterocycles. The van der Waals surface area contributed by atoms with E-state index in [2.05, 4.69) is 49.1 Å². The molecule has 0 saturated carbocycles. The molecule has 1 nitrogen and oxygen atoms in total. The Labute approximate surface area is 92.4 Å². The number of anilines is 1. The predicted octanol–water partition coefficient (Wildman–Crippen LogP) is 3.71. The van der Waals surface area contributed by atoms with E-state index in [0.29, 0.717) is 0 Å². The molecule has 0 atom stereocenters. The lowest BCUT2D eigenvalue weighted by Gasteiger charge is -2.18. The summed E-state index contributed by atoms with van der Waals surface area (Å²) in [6.07, 6.45) is 4.79. The second-order valence-electron chi connectivity index (χ2n) is 4.11. The fraction of sp³-hybridized carbons (Fsp3) is 0.429. The molecule has 1 aromatic carbocycles. The van der Waals surface area contributed by atoms with Crippen LogP contribution in [0.5, 0.6) is 0 Å². The molecule has 15 heavy (non-hydrogen) atoms. The molecule has 1 heteroatoms. The van der Waals surface area contributed by atoms with Crippen molar-refractivity contribution < 1.29 is 0 Å². The molecule has 1 aliphatic rings. The highest BCUT2D eigenvalue weighted by Crippen LogP contribution is 2.35. The molecule has 0 N–H and O–H groups in total. The molecule has 80 valence electrons. The number of allylic oxidation sites excluding steroid dienone is 1. The molecular weight excluding hydrogens is 182 g/mol. The van der Waals surface area contributed by atoms with Crippen molar-refractivity contribution in [1.82, 2.24) is 0 Å². The molecule has 1 heterocycles. The van der Waals surface area contributed by atoms with E-state index in [1.54, 1.807) is 0 Å². The lowest BCUT2D eigenvalue weighted by Crippen LogP contribution is -2.21. The van der Waals surface area contributed by atoms with Gasteiger partial charge < -0.3 is 4.90 Å². The predicted molar refractivity (Wildman–Crippen MR) is 67.2 cm³/mol. The van der Waals surface area contributed by atoms with E-state index < -0.39 is 0 Å². The monoisotopic (exact) mass is 201 g/mol. The summed E-state index contributed by atoms with van der Waals surface area (Å²) < 4.78 is 0. The Morgan fingerprint density at radius 3 is 2.87 bits per heavy atom. The lowest BCUT2D eigenvalue weighted by atomic mass is 10.1. The van der Waals surface area contributed by atoms with Gasteiger partial charge in [-0.1, -0.05) is 37.6 Å². The number of hydrogen-bond donors (Lipinski definition) is 0. The van der Waals surface area contributed by atoms with Gasteiger partial charge in [-0.2, -0.15) is 0 Å². The van der Waals surface area contributed by atoms with Gasteiger partial charge in [0.05, 0.1) is 0 Å². The fourth-order valence-electron chi connectivity index (χ4n) is 2.19. The minimum absolute atomic E-state index is 1.09. The van der Waals surface area contributed by atoms with Gasteiger partial charge in [0.1, 0.15) is 0 Å². The largest absolute Gasteiger partial charge is 0.367 e. The third-order valence-corrected chi connectivity index (χ3v) is 3.08. The molecular formula is C14H19N. The number of rotatable bonds is 3. The summed E-state index contributed by atoms with van der Waals surface area (Å²) in [6, 6.07) is 8.74. The number of nitrogens with zero attached hydrogens (tertiary/aromatic N) is 1. The van der Waals surface area contributed by atoms with Gasteiger partial charge in [0, 0.05) is 24.3 Å². The van der Waals surface area contributed by atoms with E-state index in [4.69, 9.17) is 0 Å². The zero-order valence-corrected chi connectivity index (χ0v) is 9.66. The van der Waals surface area contributed by atoms with Crippen molar-refractivity contribution in [2.24, 2.45) is 0 Å². The molecule has 0 unspecified atom stereocenters. The standard InChI is InChI=1S/C14H19N/c1-3-5-10-15-11-12(4-2)13-8-6-7-9-14(13)15/h4,6-9H,3,5,10-11H2,1-2H3/b12-4+. The van der Waals surface area contributed by atoms with Gasteiger partial charge in [0.15, 0.2) is 0 Å². The first-order valence-corrected chi connectivity index (χ1v) is 5.86. The Kier molecular flexibility index (Phi) is 3.10. The summed E-state index contributed by atoms with van der Waals surface area (Å²) in [4.78, 5) is 2.49. The van der Waals surface area contributed by atoms with E-state index in [0.717, 1.165) is 6.54 Å². The van der Waals surface area contributed by atoms with Crippen molar-refractivity contribution in [3.63, 3.8) is 0 Å². The van der Waals surface area contributed by atoms with Crippen molar-refractivity contribution in [2.45, 2.75) is 26.7 Å². The summed E-state index contributed by atoms with van der Waals surface area (Å²) in [5.41, 5.74) is 4.32. The highest BCUT2D eigenvalue weighted by Gasteiger charge is 2.21. The maximum Gasteiger partial charge on any atom is 0.0446 e. The number of benzene rings is 1. The zero-order valence-electron chi connectivity index (χ0n) is 9.66. The Balaban J connectivity index is 2.26. The first-order chi connectivity index (χ1) is 7.36.